The fourth-order valence-electron chi connectivity index (χ4n) is 1.47. The minimum atomic E-state index is -5.21. The lowest BCUT2D eigenvalue weighted by Gasteiger charge is -2.19. The zero-order chi connectivity index (χ0) is 17.1. The normalized spacial score (nSPS) is 12.5. The molecule has 0 spiro atoms. The molecule has 1 N–H and O–H groups in total. The Hall–Kier alpha value is -1.88. The Morgan fingerprint density at radius 2 is 1.95 bits per heavy atom. The molecular formula is C11H11F4NO5S. The largest absolute Gasteiger partial charge is 0.573 e. The zero-order valence-electron chi connectivity index (χ0n) is 11.1. The first-order valence-corrected chi connectivity index (χ1v) is 7.11. The van der Waals surface area contributed by atoms with Gasteiger partial charge in [0.15, 0.2) is 10.6 Å². The standard InChI is InChI=1S/C11H11F4NO5S/c1-16(6-5-9(17)18)22(19,20)10-7(12)3-2-4-8(10)21-11(13,14)15/h2-4H,5-6H2,1H3,(H,17,18). The quantitative estimate of drug-likeness (QED) is 0.795. The van der Waals surface area contributed by atoms with Crippen LogP contribution in [0, 0.1) is 5.82 Å². The summed E-state index contributed by atoms with van der Waals surface area (Å²) in [5.74, 6) is -3.99. The van der Waals surface area contributed by atoms with Gasteiger partial charge in [-0.15, -0.1) is 13.2 Å². The molecule has 22 heavy (non-hydrogen) atoms. The molecule has 0 heterocycles. The highest BCUT2D eigenvalue weighted by atomic mass is 32.2. The van der Waals surface area contributed by atoms with E-state index in [-0.39, 0.29) is 0 Å². The van der Waals surface area contributed by atoms with Gasteiger partial charge in [0.05, 0.1) is 6.42 Å². The first-order chi connectivity index (χ1) is 9.95. The molecule has 0 saturated carbocycles. The van der Waals surface area contributed by atoms with Gasteiger partial charge in [-0.25, -0.2) is 17.1 Å². The number of carbonyl (C=O) groups is 1. The first kappa shape index (κ1) is 18.2. The third-order valence-electron chi connectivity index (χ3n) is 2.47. The molecule has 0 aliphatic heterocycles. The van der Waals surface area contributed by atoms with Crippen molar-refractivity contribution >= 4 is 16.0 Å². The highest BCUT2D eigenvalue weighted by Gasteiger charge is 2.36. The van der Waals surface area contributed by atoms with Crippen LogP contribution in [0.3, 0.4) is 0 Å². The van der Waals surface area contributed by atoms with E-state index in [1.165, 1.54) is 0 Å². The second-order valence-corrected chi connectivity index (χ2v) is 6.07. The predicted octanol–water partition coefficient (Wildman–Crippen LogP) is 1.82. The van der Waals surface area contributed by atoms with Crippen molar-refractivity contribution in [1.82, 2.24) is 4.31 Å². The monoisotopic (exact) mass is 345 g/mol. The summed E-state index contributed by atoms with van der Waals surface area (Å²) >= 11 is 0. The number of sulfonamides is 1. The van der Waals surface area contributed by atoms with E-state index in [9.17, 15) is 30.8 Å². The van der Waals surface area contributed by atoms with Gasteiger partial charge in [-0.2, -0.15) is 0 Å². The summed E-state index contributed by atoms with van der Waals surface area (Å²) in [6, 6.07) is 2.16. The van der Waals surface area contributed by atoms with Crippen LogP contribution in [0.25, 0.3) is 0 Å². The molecule has 0 amide bonds. The van der Waals surface area contributed by atoms with Gasteiger partial charge in [-0.05, 0) is 12.1 Å². The minimum absolute atomic E-state index is 0.433. The number of ether oxygens (including phenoxy) is 1. The van der Waals surface area contributed by atoms with E-state index >= 15 is 0 Å². The lowest BCUT2D eigenvalue weighted by molar-refractivity contribution is -0.275. The molecule has 0 bridgehead atoms. The third-order valence-corrected chi connectivity index (χ3v) is 4.38. The Bertz CT molecular complexity index is 659. The van der Waals surface area contributed by atoms with Crippen LogP contribution in [0.2, 0.25) is 0 Å². The molecular weight excluding hydrogens is 334 g/mol. The average Bonchev–Trinajstić information content (AvgIpc) is 2.33. The molecule has 0 aliphatic rings. The number of aliphatic carboxylic acids is 1. The molecule has 6 nitrogen and oxygen atoms in total. The van der Waals surface area contributed by atoms with Gasteiger partial charge in [0.2, 0.25) is 10.0 Å². The lowest BCUT2D eigenvalue weighted by atomic mass is 10.3. The Labute approximate surface area is 123 Å². The van der Waals surface area contributed by atoms with Gasteiger partial charge >= 0.3 is 12.3 Å². The number of nitrogens with zero attached hydrogens (tertiary/aromatic N) is 1. The number of halogens is 4. The van der Waals surface area contributed by atoms with Gasteiger partial charge in [0.25, 0.3) is 0 Å². The molecule has 0 saturated heterocycles. The fraction of sp³-hybridized carbons (Fsp3) is 0.364. The van der Waals surface area contributed by atoms with Gasteiger partial charge in [0, 0.05) is 13.6 Å². The van der Waals surface area contributed by atoms with Gasteiger partial charge in [-0.1, -0.05) is 6.07 Å². The van der Waals surface area contributed by atoms with E-state index in [1.54, 1.807) is 0 Å². The van der Waals surface area contributed by atoms with Crippen molar-refractivity contribution in [2.45, 2.75) is 17.7 Å². The van der Waals surface area contributed by atoms with Crippen LogP contribution in [-0.2, 0) is 14.8 Å². The smallest absolute Gasteiger partial charge is 0.481 e. The van der Waals surface area contributed by atoms with E-state index < -0.39 is 51.8 Å². The molecule has 0 unspecified atom stereocenters. The van der Waals surface area contributed by atoms with Crippen molar-refractivity contribution in [2.24, 2.45) is 0 Å². The van der Waals surface area contributed by atoms with Crippen LogP contribution in [-0.4, -0.2) is 43.8 Å². The average molecular weight is 345 g/mol. The van der Waals surface area contributed by atoms with E-state index in [2.05, 4.69) is 4.74 Å². The lowest BCUT2D eigenvalue weighted by Crippen LogP contribution is -2.31. The number of carboxylic acids is 1. The third kappa shape index (κ3) is 4.56. The summed E-state index contributed by atoms with van der Waals surface area (Å²) in [4.78, 5) is 9.11. The summed E-state index contributed by atoms with van der Waals surface area (Å²) in [5.41, 5.74) is 0. The number of rotatable bonds is 6. The van der Waals surface area contributed by atoms with Gasteiger partial charge in [0.1, 0.15) is 5.82 Å². The van der Waals surface area contributed by atoms with Crippen LogP contribution < -0.4 is 4.74 Å². The summed E-state index contributed by atoms with van der Waals surface area (Å²) in [6.07, 6.45) is -5.81. The number of hydrogen-bond acceptors (Lipinski definition) is 4. The molecule has 1 rings (SSSR count). The second-order valence-electron chi connectivity index (χ2n) is 4.09. The Kier molecular flexibility index (Phi) is 5.35. The van der Waals surface area contributed by atoms with E-state index in [4.69, 9.17) is 5.11 Å². The van der Waals surface area contributed by atoms with Crippen LogP contribution in [0.4, 0.5) is 17.6 Å². The maximum absolute atomic E-state index is 13.7. The Balaban J connectivity index is 3.26. The number of benzene rings is 1. The number of hydrogen-bond donors (Lipinski definition) is 1. The molecule has 124 valence electrons. The van der Waals surface area contributed by atoms with Crippen LogP contribution >= 0.6 is 0 Å². The molecule has 11 heteroatoms. The van der Waals surface area contributed by atoms with Gasteiger partial charge in [-0.3, -0.25) is 4.79 Å². The predicted molar refractivity (Wildman–Crippen MR) is 65.2 cm³/mol. The molecule has 1 aromatic rings. The summed E-state index contributed by atoms with van der Waals surface area (Å²) in [5, 5.41) is 8.49. The fourth-order valence-corrected chi connectivity index (χ4v) is 2.80. The van der Waals surface area contributed by atoms with Crippen molar-refractivity contribution < 1.29 is 40.6 Å². The molecule has 1 aromatic carbocycles. The summed E-state index contributed by atoms with van der Waals surface area (Å²) < 4.78 is 78.7. The molecule has 0 radical (unpaired) electrons. The highest BCUT2D eigenvalue weighted by molar-refractivity contribution is 7.89. The topological polar surface area (TPSA) is 83.9 Å². The summed E-state index contributed by atoms with van der Waals surface area (Å²) in [6.45, 7) is -0.544. The van der Waals surface area contributed by atoms with Crippen molar-refractivity contribution in [3.63, 3.8) is 0 Å². The van der Waals surface area contributed by atoms with Crippen molar-refractivity contribution in [2.75, 3.05) is 13.6 Å². The molecule has 0 fully saturated rings. The summed E-state index contributed by atoms with van der Waals surface area (Å²) in [7, 11) is -3.78. The minimum Gasteiger partial charge on any atom is -0.481 e. The van der Waals surface area contributed by atoms with E-state index in [1.807, 2.05) is 0 Å². The maximum Gasteiger partial charge on any atom is 0.573 e. The number of carboxylic acid groups (broad SMARTS) is 1. The van der Waals surface area contributed by atoms with Crippen LogP contribution in [0.15, 0.2) is 23.1 Å². The maximum atomic E-state index is 13.7. The van der Waals surface area contributed by atoms with Crippen molar-refractivity contribution in [3.05, 3.63) is 24.0 Å². The molecule has 0 atom stereocenters. The Morgan fingerprint density at radius 1 is 1.36 bits per heavy atom. The SMILES string of the molecule is CN(CCC(=O)O)S(=O)(=O)c1c(F)cccc1OC(F)(F)F. The number of alkyl halides is 3. The van der Waals surface area contributed by atoms with Crippen LogP contribution in [0.5, 0.6) is 5.75 Å². The molecule has 0 aliphatic carbocycles. The van der Waals surface area contributed by atoms with E-state index in [0.29, 0.717) is 16.4 Å². The van der Waals surface area contributed by atoms with Crippen molar-refractivity contribution in [3.8, 4) is 5.75 Å². The zero-order valence-corrected chi connectivity index (χ0v) is 11.9. The van der Waals surface area contributed by atoms with Crippen LogP contribution in [0.1, 0.15) is 6.42 Å². The molecule has 0 aromatic heterocycles. The van der Waals surface area contributed by atoms with Crippen molar-refractivity contribution in [1.29, 1.82) is 0 Å². The second kappa shape index (κ2) is 6.48. The Morgan fingerprint density at radius 3 is 2.45 bits per heavy atom. The van der Waals surface area contributed by atoms with Gasteiger partial charge < -0.3 is 9.84 Å². The highest BCUT2D eigenvalue weighted by Crippen LogP contribution is 2.33. The first-order valence-electron chi connectivity index (χ1n) is 5.67. The van der Waals surface area contributed by atoms with E-state index in [0.717, 1.165) is 13.1 Å².